The first-order chi connectivity index (χ1) is 6.70. The number of nitrogens with zero attached hydrogens (tertiary/aromatic N) is 1. The van der Waals surface area contributed by atoms with Gasteiger partial charge in [0.25, 0.3) is 0 Å². The van der Waals surface area contributed by atoms with Gasteiger partial charge in [-0.05, 0) is 6.42 Å². The third-order valence-electron chi connectivity index (χ3n) is 1.66. The molecule has 0 aromatic carbocycles. The minimum Gasteiger partial charge on any atom is -0.469 e. The molecule has 0 saturated heterocycles. The summed E-state index contributed by atoms with van der Waals surface area (Å²) in [4.78, 5) is 14.8. The van der Waals surface area contributed by atoms with Gasteiger partial charge in [0, 0.05) is 13.1 Å². The van der Waals surface area contributed by atoms with Gasteiger partial charge in [0.15, 0.2) is 5.96 Å². The van der Waals surface area contributed by atoms with Gasteiger partial charge < -0.3 is 15.8 Å². The number of carbonyl (C=O) groups is 1. The Morgan fingerprint density at radius 3 is 2.86 bits per heavy atom. The third kappa shape index (κ3) is 7.39. The van der Waals surface area contributed by atoms with Crippen LogP contribution in [0.3, 0.4) is 0 Å². The number of hydrogen-bond acceptors (Lipinski definition) is 3. The van der Waals surface area contributed by atoms with Crippen LogP contribution in [0.25, 0.3) is 0 Å². The Hall–Kier alpha value is -1.26. The van der Waals surface area contributed by atoms with Crippen molar-refractivity contribution in [3.63, 3.8) is 0 Å². The number of nitrogens with two attached hydrogens (primary N) is 1. The van der Waals surface area contributed by atoms with Crippen molar-refractivity contribution >= 4 is 11.9 Å². The second-order valence-corrected chi connectivity index (χ2v) is 2.87. The molecule has 0 rings (SSSR count). The second kappa shape index (κ2) is 8.34. The van der Waals surface area contributed by atoms with Gasteiger partial charge >= 0.3 is 5.97 Å². The number of aliphatic imine (C=N–C) groups is 1. The number of methoxy groups -OCH3 is 1. The van der Waals surface area contributed by atoms with Crippen LogP contribution in [-0.4, -0.2) is 32.1 Å². The van der Waals surface area contributed by atoms with Crippen LogP contribution in [0.4, 0.5) is 0 Å². The summed E-state index contributed by atoms with van der Waals surface area (Å²) in [5.41, 5.74) is 5.53. The summed E-state index contributed by atoms with van der Waals surface area (Å²) in [7, 11) is 1.36. The molecule has 5 heteroatoms. The molecule has 0 heterocycles. The van der Waals surface area contributed by atoms with Crippen molar-refractivity contribution in [3.8, 4) is 0 Å². The van der Waals surface area contributed by atoms with Crippen molar-refractivity contribution < 1.29 is 9.53 Å². The van der Waals surface area contributed by atoms with E-state index in [1.54, 1.807) is 0 Å². The molecular weight excluding hydrogens is 182 g/mol. The Kier molecular flexibility index (Phi) is 7.59. The lowest BCUT2D eigenvalue weighted by Gasteiger charge is -2.03. The summed E-state index contributed by atoms with van der Waals surface area (Å²) in [5.74, 6) is 0.140. The quantitative estimate of drug-likeness (QED) is 0.279. The maximum Gasteiger partial charge on any atom is 0.307 e. The Morgan fingerprint density at radius 1 is 1.57 bits per heavy atom. The summed E-state index contributed by atoms with van der Waals surface area (Å²) in [6.45, 7) is 3.29. The third-order valence-corrected chi connectivity index (χ3v) is 1.66. The standard InChI is InChI=1S/C9H19N3O2/c1-3-4-6-11-9(10)12-7-5-8(13)14-2/h3-7H2,1-2H3,(H3,10,11,12). The summed E-state index contributed by atoms with van der Waals surface area (Å²) in [6, 6.07) is 0. The van der Waals surface area contributed by atoms with Crippen LogP contribution >= 0.6 is 0 Å². The monoisotopic (exact) mass is 201 g/mol. The Morgan fingerprint density at radius 2 is 2.29 bits per heavy atom. The summed E-state index contributed by atoms with van der Waals surface area (Å²) in [6.07, 6.45) is 2.43. The highest BCUT2D eigenvalue weighted by Crippen LogP contribution is 1.86. The number of carbonyl (C=O) groups excluding carboxylic acids is 1. The first-order valence-electron chi connectivity index (χ1n) is 4.81. The minimum absolute atomic E-state index is 0.251. The van der Waals surface area contributed by atoms with Gasteiger partial charge in [-0.1, -0.05) is 13.3 Å². The molecule has 14 heavy (non-hydrogen) atoms. The van der Waals surface area contributed by atoms with E-state index >= 15 is 0 Å². The smallest absolute Gasteiger partial charge is 0.307 e. The fraction of sp³-hybridized carbons (Fsp3) is 0.778. The van der Waals surface area contributed by atoms with Crippen LogP contribution in [-0.2, 0) is 9.53 Å². The van der Waals surface area contributed by atoms with Gasteiger partial charge in [-0.15, -0.1) is 0 Å². The predicted octanol–water partition coefficient (Wildman–Crippen LogP) is 0.254. The molecule has 0 amide bonds. The maximum absolute atomic E-state index is 10.7. The SMILES string of the molecule is CCCCN=C(N)NCCC(=O)OC. The van der Waals surface area contributed by atoms with Gasteiger partial charge in [0.05, 0.1) is 13.5 Å². The Labute approximate surface area is 84.7 Å². The van der Waals surface area contributed by atoms with Crippen LogP contribution in [0.2, 0.25) is 0 Å². The molecule has 0 spiro atoms. The average molecular weight is 201 g/mol. The lowest BCUT2D eigenvalue weighted by atomic mass is 10.3. The highest BCUT2D eigenvalue weighted by molar-refractivity contribution is 5.78. The number of guanidine groups is 1. The van der Waals surface area contributed by atoms with E-state index in [0.717, 1.165) is 19.4 Å². The molecule has 0 radical (unpaired) electrons. The molecule has 0 aliphatic rings. The number of hydrogen-bond donors (Lipinski definition) is 2. The number of nitrogens with one attached hydrogen (secondary N) is 1. The van der Waals surface area contributed by atoms with Crippen LogP contribution in [0, 0.1) is 0 Å². The maximum atomic E-state index is 10.7. The van der Waals surface area contributed by atoms with E-state index in [1.165, 1.54) is 7.11 Å². The second-order valence-electron chi connectivity index (χ2n) is 2.87. The fourth-order valence-electron chi connectivity index (χ4n) is 0.808. The lowest BCUT2D eigenvalue weighted by Crippen LogP contribution is -2.33. The number of rotatable bonds is 6. The highest BCUT2D eigenvalue weighted by atomic mass is 16.5. The van der Waals surface area contributed by atoms with Crippen LogP contribution in [0.1, 0.15) is 26.2 Å². The normalized spacial score (nSPS) is 11.1. The van der Waals surface area contributed by atoms with Crippen LogP contribution in [0.15, 0.2) is 4.99 Å². The molecular formula is C9H19N3O2. The first kappa shape index (κ1) is 12.7. The lowest BCUT2D eigenvalue weighted by molar-refractivity contribution is -0.140. The van der Waals surface area contributed by atoms with Gasteiger partial charge in [-0.3, -0.25) is 9.79 Å². The van der Waals surface area contributed by atoms with E-state index in [4.69, 9.17) is 5.73 Å². The molecule has 5 nitrogen and oxygen atoms in total. The van der Waals surface area contributed by atoms with Gasteiger partial charge in [0.1, 0.15) is 0 Å². The predicted molar refractivity (Wildman–Crippen MR) is 56.0 cm³/mol. The van der Waals surface area contributed by atoms with E-state index in [0.29, 0.717) is 18.9 Å². The number of ether oxygens (including phenoxy) is 1. The van der Waals surface area contributed by atoms with Crippen molar-refractivity contribution in [2.45, 2.75) is 26.2 Å². The van der Waals surface area contributed by atoms with Crippen LogP contribution < -0.4 is 11.1 Å². The zero-order valence-corrected chi connectivity index (χ0v) is 8.88. The van der Waals surface area contributed by atoms with Gasteiger partial charge in [-0.25, -0.2) is 0 Å². The molecule has 0 bridgehead atoms. The zero-order valence-electron chi connectivity index (χ0n) is 8.88. The molecule has 0 atom stereocenters. The van der Waals surface area contributed by atoms with Crippen molar-refractivity contribution in [3.05, 3.63) is 0 Å². The Bertz CT molecular complexity index is 192. The van der Waals surface area contributed by atoms with Gasteiger partial charge in [0.2, 0.25) is 0 Å². The topological polar surface area (TPSA) is 76.7 Å². The number of esters is 1. The van der Waals surface area contributed by atoms with Crippen LogP contribution in [0.5, 0.6) is 0 Å². The van der Waals surface area contributed by atoms with E-state index in [1.807, 2.05) is 0 Å². The summed E-state index contributed by atoms with van der Waals surface area (Å²) < 4.78 is 4.47. The van der Waals surface area contributed by atoms with E-state index in [9.17, 15) is 4.79 Å². The minimum atomic E-state index is -0.251. The largest absolute Gasteiger partial charge is 0.469 e. The summed E-state index contributed by atoms with van der Waals surface area (Å²) >= 11 is 0. The fourth-order valence-corrected chi connectivity index (χ4v) is 0.808. The van der Waals surface area contributed by atoms with E-state index < -0.39 is 0 Å². The molecule has 82 valence electrons. The molecule has 0 aromatic heterocycles. The van der Waals surface area contributed by atoms with E-state index in [-0.39, 0.29) is 5.97 Å². The Balaban J connectivity index is 3.47. The van der Waals surface area contributed by atoms with Crippen molar-refractivity contribution in [1.82, 2.24) is 5.32 Å². The molecule has 3 N–H and O–H groups in total. The first-order valence-corrected chi connectivity index (χ1v) is 4.81. The molecule has 0 saturated carbocycles. The van der Waals surface area contributed by atoms with Crippen molar-refractivity contribution in [2.75, 3.05) is 20.2 Å². The van der Waals surface area contributed by atoms with Crippen molar-refractivity contribution in [1.29, 1.82) is 0 Å². The highest BCUT2D eigenvalue weighted by Gasteiger charge is 1.98. The molecule has 0 fully saturated rings. The molecule has 0 aliphatic heterocycles. The summed E-state index contributed by atoms with van der Waals surface area (Å²) in [5, 5.41) is 2.83. The van der Waals surface area contributed by atoms with Crippen molar-refractivity contribution in [2.24, 2.45) is 10.7 Å². The molecule has 0 aliphatic carbocycles. The number of unbranched alkanes of at least 4 members (excludes halogenated alkanes) is 1. The van der Waals surface area contributed by atoms with Gasteiger partial charge in [-0.2, -0.15) is 0 Å². The molecule has 0 unspecified atom stereocenters. The van der Waals surface area contributed by atoms with E-state index in [2.05, 4.69) is 22.0 Å². The molecule has 0 aromatic rings. The average Bonchev–Trinajstić information content (AvgIpc) is 2.18. The zero-order chi connectivity index (χ0) is 10.8.